The number of carbonyl (C=O) groups excluding carboxylic acids is 2. The van der Waals surface area contributed by atoms with Crippen LogP contribution in [0.5, 0.6) is 0 Å². The molecule has 29 heavy (non-hydrogen) atoms. The Hall–Kier alpha value is -2.73. The van der Waals surface area contributed by atoms with Crippen molar-refractivity contribution in [2.45, 2.75) is 51.6 Å². The molecular formula is C23H29N3O3. The number of pyridine rings is 1. The predicted molar refractivity (Wildman–Crippen MR) is 112 cm³/mol. The number of aliphatic hydroxyl groups excluding tert-OH is 1. The van der Waals surface area contributed by atoms with Gasteiger partial charge in [-0.3, -0.25) is 14.6 Å². The van der Waals surface area contributed by atoms with Crippen LogP contribution in [-0.4, -0.2) is 28.4 Å². The topological polar surface area (TPSA) is 91.3 Å². The summed E-state index contributed by atoms with van der Waals surface area (Å²) in [5.74, 6) is 0.534. The van der Waals surface area contributed by atoms with E-state index in [2.05, 4.69) is 29.5 Å². The van der Waals surface area contributed by atoms with Crippen molar-refractivity contribution in [3.8, 4) is 0 Å². The molecule has 1 aromatic carbocycles. The number of aliphatic hydroxyl groups is 1. The molecule has 3 rings (SSSR count). The second-order valence-corrected chi connectivity index (χ2v) is 7.96. The fourth-order valence-electron chi connectivity index (χ4n) is 3.69. The third-order valence-corrected chi connectivity index (χ3v) is 5.49. The summed E-state index contributed by atoms with van der Waals surface area (Å²) in [6, 6.07) is 9.50. The molecule has 2 atom stereocenters. The fourth-order valence-corrected chi connectivity index (χ4v) is 3.69. The number of carbonyl (C=O) groups is 2. The first-order chi connectivity index (χ1) is 13.9. The highest BCUT2D eigenvalue weighted by Crippen LogP contribution is 2.28. The van der Waals surface area contributed by atoms with E-state index < -0.39 is 6.10 Å². The average molecular weight is 396 g/mol. The van der Waals surface area contributed by atoms with Crippen molar-refractivity contribution in [2.24, 2.45) is 5.92 Å². The molecule has 0 spiro atoms. The lowest BCUT2D eigenvalue weighted by Crippen LogP contribution is -2.30. The molecule has 6 heteroatoms. The second-order valence-electron chi connectivity index (χ2n) is 7.96. The minimum atomic E-state index is -0.706. The molecule has 2 amide bonds. The van der Waals surface area contributed by atoms with Crippen molar-refractivity contribution in [1.82, 2.24) is 10.3 Å². The van der Waals surface area contributed by atoms with E-state index in [4.69, 9.17) is 0 Å². The van der Waals surface area contributed by atoms with E-state index in [1.54, 1.807) is 6.20 Å². The maximum absolute atomic E-state index is 12.3. The maximum Gasteiger partial charge on any atom is 0.224 e. The van der Waals surface area contributed by atoms with Gasteiger partial charge in [0.05, 0.1) is 6.10 Å². The number of amides is 2. The van der Waals surface area contributed by atoms with Crippen molar-refractivity contribution in [3.63, 3.8) is 0 Å². The van der Waals surface area contributed by atoms with Gasteiger partial charge in [-0.25, -0.2) is 0 Å². The van der Waals surface area contributed by atoms with Crippen LogP contribution in [0.4, 0.5) is 5.69 Å². The van der Waals surface area contributed by atoms with Crippen LogP contribution in [0.1, 0.15) is 61.8 Å². The molecule has 0 saturated heterocycles. The first kappa shape index (κ1) is 21.0. The molecule has 0 saturated carbocycles. The van der Waals surface area contributed by atoms with Gasteiger partial charge in [0, 0.05) is 43.4 Å². The lowest BCUT2D eigenvalue weighted by atomic mass is 9.89. The van der Waals surface area contributed by atoms with Gasteiger partial charge >= 0.3 is 0 Å². The summed E-state index contributed by atoms with van der Waals surface area (Å²) in [4.78, 5) is 28.0. The molecule has 3 N–H and O–H groups in total. The molecule has 6 nitrogen and oxygen atoms in total. The van der Waals surface area contributed by atoms with Crippen LogP contribution < -0.4 is 10.6 Å². The largest absolute Gasteiger partial charge is 0.388 e. The standard InChI is InChI=1S/C23H29N3O3/c1-15(2)19(18-4-3-11-24-13-18)14-25-22(28)10-8-21(27)17-5-7-20-16(12-17)6-9-23(29)26-20/h3-5,7,11-13,15,19,21,27H,6,8-10,14H2,1-2H3,(H,25,28)(H,26,29). The number of fused-ring (bicyclic) bond motifs is 1. The van der Waals surface area contributed by atoms with Gasteiger partial charge in [0.25, 0.3) is 0 Å². The van der Waals surface area contributed by atoms with E-state index in [9.17, 15) is 14.7 Å². The summed E-state index contributed by atoms with van der Waals surface area (Å²) in [6.07, 6.45) is 4.64. The molecule has 1 aliphatic heterocycles. The molecule has 0 aliphatic carbocycles. The Morgan fingerprint density at radius 2 is 2.07 bits per heavy atom. The summed E-state index contributed by atoms with van der Waals surface area (Å²) in [5.41, 5.74) is 3.74. The summed E-state index contributed by atoms with van der Waals surface area (Å²) in [7, 11) is 0. The molecule has 2 aromatic rings. The molecule has 2 unspecified atom stereocenters. The zero-order valence-corrected chi connectivity index (χ0v) is 17.0. The number of hydrogen-bond acceptors (Lipinski definition) is 4. The van der Waals surface area contributed by atoms with E-state index >= 15 is 0 Å². The number of aromatic nitrogens is 1. The highest BCUT2D eigenvalue weighted by molar-refractivity contribution is 5.93. The Bertz CT molecular complexity index is 852. The molecule has 0 radical (unpaired) electrons. The minimum Gasteiger partial charge on any atom is -0.388 e. The van der Waals surface area contributed by atoms with Gasteiger partial charge in [0.15, 0.2) is 0 Å². The summed E-state index contributed by atoms with van der Waals surface area (Å²) in [6.45, 7) is 4.81. The van der Waals surface area contributed by atoms with Crippen molar-refractivity contribution in [1.29, 1.82) is 0 Å². The van der Waals surface area contributed by atoms with Crippen LogP contribution in [0, 0.1) is 5.92 Å². The Morgan fingerprint density at radius 3 is 2.79 bits per heavy atom. The summed E-state index contributed by atoms with van der Waals surface area (Å²) < 4.78 is 0. The zero-order chi connectivity index (χ0) is 20.8. The number of rotatable bonds is 8. The van der Waals surface area contributed by atoms with Gasteiger partial charge in [-0.05, 0) is 47.6 Å². The Kier molecular flexibility index (Phi) is 6.99. The molecule has 1 aliphatic rings. The zero-order valence-electron chi connectivity index (χ0n) is 17.0. The lowest BCUT2D eigenvalue weighted by molar-refractivity contribution is -0.121. The first-order valence-corrected chi connectivity index (χ1v) is 10.2. The number of hydrogen-bond donors (Lipinski definition) is 3. The Balaban J connectivity index is 1.50. The van der Waals surface area contributed by atoms with Crippen LogP contribution in [0.15, 0.2) is 42.7 Å². The molecule has 154 valence electrons. The van der Waals surface area contributed by atoms with Gasteiger partial charge in [0.1, 0.15) is 0 Å². The number of anilines is 1. The van der Waals surface area contributed by atoms with Gasteiger partial charge in [0.2, 0.25) is 11.8 Å². The van der Waals surface area contributed by atoms with Gasteiger partial charge < -0.3 is 15.7 Å². The SMILES string of the molecule is CC(C)C(CNC(=O)CCC(O)c1ccc2c(c1)CCC(=O)N2)c1cccnc1. The van der Waals surface area contributed by atoms with Gasteiger partial charge in [-0.1, -0.05) is 32.0 Å². The lowest BCUT2D eigenvalue weighted by Gasteiger charge is -2.22. The monoisotopic (exact) mass is 395 g/mol. The first-order valence-electron chi connectivity index (χ1n) is 10.2. The molecular weight excluding hydrogens is 366 g/mol. The Labute approximate surface area is 171 Å². The van der Waals surface area contributed by atoms with E-state index in [1.165, 1.54) is 0 Å². The van der Waals surface area contributed by atoms with Crippen LogP contribution in [-0.2, 0) is 16.0 Å². The van der Waals surface area contributed by atoms with Crippen LogP contribution in [0.25, 0.3) is 0 Å². The highest BCUT2D eigenvalue weighted by atomic mass is 16.3. The van der Waals surface area contributed by atoms with Crippen LogP contribution >= 0.6 is 0 Å². The van der Waals surface area contributed by atoms with E-state index in [1.807, 2.05) is 36.5 Å². The molecule has 0 fully saturated rings. The number of nitrogens with one attached hydrogen (secondary N) is 2. The van der Waals surface area contributed by atoms with E-state index in [-0.39, 0.29) is 24.2 Å². The minimum absolute atomic E-state index is 0.0217. The molecule has 2 heterocycles. The van der Waals surface area contributed by atoms with Gasteiger partial charge in [-0.15, -0.1) is 0 Å². The van der Waals surface area contributed by atoms with E-state index in [0.29, 0.717) is 31.7 Å². The predicted octanol–water partition coefficient (Wildman–Crippen LogP) is 3.34. The second kappa shape index (κ2) is 9.65. The number of aryl methyl sites for hydroxylation is 1. The van der Waals surface area contributed by atoms with Gasteiger partial charge in [-0.2, -0.15) is 0 Å². The van der Waals surface area contributed by atoms with Crippen LogP contribution in [0.2, 0.25) is 0 Å². The Morgan fingerprint density at radius 1 is 1.24 bits per heavy atom. The average Bonchev–Trinajstić information content (AvgIpc) is 2.72. The normalized spacial score (nSPS) is 15.4. The van der Waals surface area contributed by atoms with Crippen molar-refractivity contribution in [2.75, 3.05) is 11.9 Å². The smallest absolute Gasteiger partial charge is 0.224 e. The highest BCUT2D eigenvalue weighted by Gasteiger charge is 2.19. The van der Waals surface area contributed by atoms with Crippen molar-refractivity contribution in [3.05, 3.63) is 59.4 Å². The summed E-state index contributed by atoms with van der Waals surface area (Å²) >= 11 is 0. The summed E-state index contributed by atoms with van der Waals surface area (Å²) in [5, 5.41) is 16.3. The van der Waals surface area contributed by atoms with Crippen molar-refractivity contribution < 1.29 is 14.7 Å². The third-order valence-electron chi connectivity index (χ3n) is 5.49. The van der Waals surface area contributed by atoms with E-state index in [0.717, 1.165) is 22.4 Å². The molecule has 1 aromatic heterocycles. The van der Waals surface area contributed by atoms with Crippen LogP contribution in [0.3, 0.4) is 0 Å². The third kappa shape index (κ3) is 5.64. The fraction of sp³-hybridized carbons (Fsp3) is 0.435. The van der Waals surface area contributed by atoms with Crippen molar-refractivity contribution >= 4 is 17.5 Å². The number of benzene rings is 1. The molecule has 0 bridgehead atoms. The maximum atomic E-state index is 12.3. The number of nitrogens with zero attached hydrogens (tertiary/aromatic N) is 1. The quantitative estimate of drug-likeness (QED) is 0.639.